The third-order valence-corrected chi connectivity index (χ3v) is 7.00. The number of benzene rings is 1. The zero-order chi connectivity index (χ0) is 19.5. The van der Waals surface area contributed by atoms with Crippen molar-refractivity contribution in [3.8, 4) is 0 Å². The van der Waals surface area contributed by atoms with E-state index in [0.29, 0.717) is 17.1 Å². The second kappa shape index (κ2) is 8.43. The van der Waals surface area contributed by atoms with Gasteiger partial charge in [0, 0.05) is 10.4 Å². The van der Waals surface area contributed by atoms with E-state index in [1.54, 1.807) is 4.90 Å². The molecule has 5 N–H and O–H groups in total. The van der Waals surface area contributed by atoms with Gasteiger partial charge in [0.25, 0.3) is 11.8 Å². The molecule has 0 bridgehead atoms. The van der Waals surface area contributed by atoms with Crippen LogP contribution in [0.3, 0.4) is 0 Å². The molecular weight excluding hydrogens is 372 g/mol. The number of carbonyl (C=O) groups excluding carboxylic acids is 2. The van der Waals surface area contributed by atoms with E-state index in [1.807, 2.05) is 6.07 Å². The van der Waals surface area contributed by atoms with Crippen LogP contribution in [-0.4, -0.2) is 44.5 Å². The minimum absolute atomic E-state index is 0.0241. The SMILES string of the molecule is NC(=O)c1c(NC(=O)C[NH+]2CC[NH+](Cc3ccccc3)CC2)sc2c1CCC2. The molecule has 1 saturated heterocycles. The van der Waals surface area contributed by atoms with Crippen LogP contribution in [0.1, 0.15) is 32.8 Å². The van der Waals surface area contributed by atoms with Gasteiger partial charge >= 0.3 is 0 Å². The number of hydrogen-bond acceptors (Lipinski definition) is 3. The summed E-state index contributed by atoms with van der Waals surface area (Å²) in [5.74, 6) is -0.455. The van der Waals surface area contributed by atoms with Crippen molar-refractivity contribution in [2.24, 2.45) is 5.73 Å². The number of rotatable bonds is 6. The molecule has 2 aromatic rings. The van der Waals surface area contributed by atoms with Crippen molar-refractivity contribution in [2.75, 3.05) is 38.0 Å². The maximum Gasteiger partial charge on any atom is 0.280 e. The standard InChI is InChI=1S/C21H26N4O2S/c22-20(27)19-16-7-4-8-17(16)28-21(19)23-18(26)14-25-11-9-24(10-12-25)13-15-5-2-1-3-6-15/h1-3,5-6H,4,7-14H2,(H2,22,27)(H,23,26)/p+2. The lowest BCUT2D eigenvalue weighted by molar-refractivity contribution is -1.02. The fourth-order valence-electron chi connectivity index (χ4n) is 4.35. The lowest BCUT2D eigenvalue weighted by Crippen LogP contribution is -3.28. The van der Waals surface area contributed by atoms with Crippen LogP contribution in [0.5, 0.6) is 0 Å². The van der Waals surface area contributed by atoms with E-state index in [1.165, 1.54) is 26.7 Å². The second-order valence-corrected chi connectivity index (χ2v) is 8.92. The van der Waals surface area contributed by atoms with Gasteiger partial charge in [-0.05, 0) is 24.8 Å². The zero-order valence-corrected chi connectivity index (χ0v) is 16.9. The third kappa shape index (κ3) is 4.27. The second-order valence-electron chi connectivity index (χ2n) is 7.81. The van der Waals surface area contributed by atoms with E-state index in [4.69, 9.17) is 5.73 Å². The van der Waals surface area contributed by atoms with Crippen LogP contribution in [0.2, 0.25) is 0 Å². The molecule has 4 rings (SSSR count). The number of quaternary nitrogens is 2. The first-order valence-corrected chi connectivity index (χ1v) is 10.9. The molecule has 148 valence electrons. The summed E-state index contributed by atoms with van der Waals surface area (Å²) in [6.07, 6.45) is 2.93. The minimum atomic E-state index is -0.430. The van der Waals surface area contributed by atoms with Gasteiger partial charge in [-0.25, -0.2) is 0 Å². The van der Waals surface area contributed by atoms with Crippen molar-refractivity contribution in [1.29, 1.82) is 0 Å². The normalized spacial score (nSPS) is 21.3. The number of aryl methyl sites for hydroxylation is 1. The predicted octanol–water partition coefficient (Wildman–Crippen LogP) is -0.742. The number of carbonyl (C=O) groups is 2. The lowest BCUT2D eigenvalue weighted by Gasteiger charge is -2.29. The highest BCUT2D eigenvalue weighted by molar-refractivity contribution is 7.17. The molecule has 1 aromatic carbocycles. The summed E-state index contributed by atoms with van der Waals surface area (Å²) < 4.78 is 0. The Bertz CT molecular complexity index is 857. The molecule has 1 fully saturated rings. The zero-order valence-electron chi connectivity index (χ0n) is 16.1. The van der Waals surface area contributed by atoms with E-state index in [2.05, 4.69) is 29.6 Å². The highest BCUT2D eigenvalue weighted by atomic mass is 32.1. The van der Waals surface area contributed by atoms with Gasteiger partial charge in [-0.1, -0.05) is 30.3 Å². The summed E-state index contributed by atoms with van der Waals surface area (Å²) in [6.45, 7) is 5.59. The molecule has 1 aliphatic heterocycles. The van der Waals surface area contributed by atoms with Crippen LogP contribution >= 0.6 is 11.3 Å². The number of fused-ring (bicyclic) bond motifs is 1. The van der Waals surface area contributed by atoms with Crippen molar-refractivity contribution >= 4 is 28.2 Å². The van der Waals surface area contributed by atoms with Gasteiger partial charge in [-0.2, -0.15) is 0 Å². The molecule has 6 nitrogen and oxygen atoms in total. The summed E-state index contributed by atoms with van der Waals surface area (Å²) in [5, 5.41) is 3.62. The Kier molecular flexibility index (Phi) is 5.75. The topological polar surface area (TPSA) is 81.1 Å². The summed E-state index contributed by atoms with van der Waals surface area (Å²) in [6, 6.07) is 10.6. The molecule has 0 saturated carbocycles. The first-order valence-electron chi connectivity index (χ1n) is 10.1. The van der Waals surface area contributed by atoms with Crippen molar-refractivity contribution in [2.45, 2.75) is 25.8 Å². The summed E-state index contributed by atoms with van der Waals surface area (Å²) >= 11 is 1.52. The first kappa shape index (κ1) is 19.1. The van der Waals surface area contributed by atoms with Crippen LogP contribution in [-0.2, 0) is 24.2 Å². The molecule has 28 heavy (non-hydrogen) atoms. The molecule has 2 heterocycles. The van der Waals surface area contributed by atoms with Crippen LogP contribution in [0.4, 0.5) is 5.00 Å². The van der Waals surface area contributed by atoms with Gasteiger partial charge in [0.1, 0.15) is 37.7 Å². The van der Waals surface area contributed by atoms with Crippen molar-refractivity contribution < 1.29 is 19.4 Å². The van der Waals surface area contributed by atoms with E-state index in [0.717, 1.165) is 57.5 Å². The monoisotopic (exact) mass is 400 g/mol. The van der Waals surface area contributed by atoms with E-state index in [9.17, 15) is 9.59 Å². The molecule has 2 aliphatic rings. The molecule has 0 unspecified atom stereocenters. The Hall–Kier alpha value is -2.22. The van der Waals surface area contributed by atoms with Crippen LogP contribution < -0.4 is 20.9 Å². The number of hydrogen-bond donors (Lipinski definition) is 4. The largest absolute Gasteiger partial charge is 0.365 e. The van der Waals surface area contributed by atoms with Crippen molar-refractivity contribution in [3.63, 3.8) is 0 Å². The maximum absolute atomic E-state index is 12.6. The number of thiophene rings is 1. The minimum Gasteiger partial charge on any atom is -0.365 e. The number of nitrogens with one attached hydrogen (secondary N) is 3. The maximum atomic E-state index is 12.6. The Balaban J connectivity index is 1.29. The smallest absolute Gasteiger partial charge is 0.280 e. The van der Waals surface area contributed by atoms with Gasteiger partial charge in [0.05, 0.1) is 5.56 Å². The Morgan fingerprint density at radius 2 is 1.75 bits per heavy atom. The van der Waals surface area contributed by atoms with Gasteiger partial charge in [-0.3, -0.25) is 9.59 Å². The quantitative estimate of drug-likeness (QED) is 0.515. The molecule has 1 aromatic heterocycles. The highest BCUT2D eigenvalue weighted by Gasteiger charge is 2.28. The fraction of sp³-hybridized carbons (Fsp3) is 0.429. The van der Waals surface area contributed by atoms with Gasteiger partial charge in [0.2, 0.25) is 0 Å². The summed E-state index contributed by atoms with van der Waals surface area (Å²) in [7, 11) is 0. The van der Waals surface area contributed by atoms with E-state index >= 15 is 0 Å². The number of amides is 2. The number of anilines is 1. The molecule has 0 atom stereocenters. The van der Waals surface area contributed by atoms with E-state index < -0.39 is 5.91 Å². The number of primary amides is 1. The van der Waals surface area contributed by atoms with Crippen LogP contribution in [0, 0.1) is 0 Å². The highest BCUT2D eigenvalue weighted by Crippen LogP contribution is 2.38. The Morgan fingerprint density at radius 3 is 2.46 bits per heavy atom. The van der Waals surface area contributed by atoms with Gasteiger partial charge in [-0.15, -0.1) is 11.3 Å². The van der Waals surface area contributed by atoms with Crippen LogP contribution in [0.15, 0.2) is 30.3 Å². The average molecular weight is 401 g/mol. The number of piperazine rings is 1. The molecular formula is C21H28N4O2S+2. The third-order valence-electron chi connectivity index (χ3n) is 5.79. The molecule has 0 radical (unpaired) electrons. The van der Waals surface area contributed by atoms with Crippen molar-refractivity contribution in [3.05, 3.63) is 51.9 Å². The average Bonchev–Trinajstić information content (AvgIpc) is 3.24. The molecule has 1 aliphatic carbocycles. The molecule has 7 heteroatoms. The molecule has 2 amide bonds. The van der Waals surface area contributed by atoms with Gasteiger partial charge in [0.15, 0.2) is 6.54 Å². The lowest BCUT2D eigenvalue weighted by atomic mass is 10.1. The van der Waals surface area contributed by atoms with Gasteiger partial charge < -0.3 is 20.9 Å². The molecule has 0 spiro atoms. The Morgan fingerprint density at radius 1 is 1.04 bits per heavy atom. The predicted molar refractivity (Wildman–Crippen MR) is 110 cm³/mol. The number of nitrogens with two attached hydrogens (primary N) is 1. The summed E-state index contributed by atoms with van der Waals surface area (Å²) in [5.41, 5.74) is 8.54. The summed E-state index contributed by atoms with van der Waals surface area (Å²) in [4.78, 5) is 28.5. The first-order chi connectivity index (χ1) is 13.6. The van der Waals surface area contributed by atoms with Crippen LogP contribution in [0.25, 0.3) is 0 Å². The fourth-order valence-corrected chi connectivity index (χ4v) is 5.66. The Labute approximate surface area is 169 Å². The van der Waals surface area contributed by atoms with E-state index in [-0.39, 0.29) is 5.91 Å². The van der Waals surface area contributed by atoms with Crippen molar-refractivity contribution in [1.82, 2.24) is 0 Å².